The summed E-state index contributed by atoms with van der Waals surface area (Å²) in [5, 5.41) is 9.00. The van der Waals surface area contributed by atoms with Crippen molar-refractivity contribution in [3.8, 4) is 6.07 Å². The molecule has 1 saturated carbocycles. The Balaban J connectivity index is 2.41. The zero-order valence-corrected chi connectivity index (χ0v) is 11.9. The minimum Gasteiger partial charge on any atom is -0.244 e. The van der Waals surface area contributed by atoms with E-state index in [-0.39, 0.29) is 16.6 Å². The van der Waals surface area contributed by atoms with Crippen molar-refractivity contribution in [2.75, 3.05) is 6.54 Å². The summed E-state index contributed by atoms with van der Waals surface area (Å²) in [6.07, 6.45) is 3.59. The maximum atomic E-state index is 12.7. The van der Waals surface area contributed by atoms with Crippen molar-refractivity contribution in [3.63, 3.8) is 0 Å². The van der Waals surface area contributed by atoms with Crippen LogP contribution in [-0.2, 0) is 10.0 Å². The van der Waals surface area contributed by atoms with Crippen molar-refractivity contribution in [2.24, 2.45) is 5.92 Å². The Hall–Kier alpha value is -1.45. The number of rotatable bonds is 5. The first-order valence-electron chi connectivity index (χ1n) is 6.33. The summed E-state index contributed by atoms with van der Waals surface area (Å²) in [4.78, 5) is 3.84. The molecule has 1 aromatic rings. The predicted molar refractivity (Wildman–Crippen MR) is 70.7 cm³/mol. The molecule has 0 saturated heterocycles. The highest BCUT2D eigenvalue weighted by Crippen LogP contribution is 2.32. The zero-order valence-electron chi connectivity index (χ0n) is 11.1. The van der Waals surface area contributed by atoms with Gasteiger partial charge in [-0.05, 0) is 44.7 Å². The first-order valence-corrected chi connectivity index (χ1v) is 7.77. The van der Waals surface area contributed by atoms with Crippen LogP contribution >= 0.6 is 0 Å². The fraction of sp³-hybridized carbons (Fsp3) is 0.538. The second-order valence-electron chi connectivity index (χ2n) is 5.07. The predicted octanol–water partition coefficient (Wildman–Crippen LogP) is 1.76. The topological polar surface area (TPSA) is 74.1 Å². The highest BCUT2D eigenvalue weighted by molar-refractivity contribution is 7.89. The van der Waals surface area contributed by atoms with E-state index in [4.69, 9.17) is 5.26 Å². The van der Waals surface area contributed by atoms with E-state index in [2.05, 4.69) is 4.98 Å². The van der Waals surface area contributed by atoms with Gasteiger partial charge >= 0.3 is 0 Å². The second kappa shape index (κ2) is 5.27. The van der Waals surface area contributed by atoms with E-state index >= 15 is 0 Å². The normalized spacial score (nSPS) is 15.7. The van der Waals surface area contributed by atoms with Crippen molar-refractivity contribution in [1.82, 2.24) is 9.29 Å². The molecule has 1 aromatic heterocycles. The molecule has 0 N–H and O–H groups in total. The van der Waals surface area contributed by atoms with Crippen LogP contribution < -0.4 is 0 Å². The summed E-state index contributed by atoms with van der Waals surface area (Å²) >= 11 is 0. The molecule has 0 spiro atoms. The minimum atomic E-state index is -3.65. The number of hydrogen-bond donors (Lipinski definition) is 0. The van der Waals surface area contributed by atoms with E-state index in [1.54, 1.807) is 6.07 Å². The highest BCUT2D eigenvalue weighted by Gasteiger charge is 2.34. The molecular formula is C13H17N3O2S. The van der Waals surface area contributed by atoms with Crippen LogP contribution in [0.4, 0.5) is 0 Å². The molecule has 2 rings (SSSR count). The third-order valence-electron chi connectivity index (χ3n) is 3.17. The smallest absolute Gasteiger partial charge is 0.244 e. The van der Waals surface area contributed by atoms with Gasteiger partial charge in [-0.1, -0.05) is 0 Å². The van der Waals surface area contributed by atoms with Crippen LogP contribution in [0.25, 0.3) is 0 Å². The first-order chi connectivity index (χ1) is 8.96. The van der Waals surface area contributed by atoms with Crippen LogP contribution in [0.1, 0.15) is 32.4 Å². The molecule has 0 radical (unpaired) electrons. The fourth-order valence-corrected chi connectivity index (χ4v) is 3.76. The molecule has 5 nitrogen and oxygen atoms in total. The zero-order chi connectivity index (χ0) is 14.0. The van der Waals surface area contributed by atoms with Crippen LogP contribution in [0.3, 0.4) is 0 Å². The van der Waals surface area contributed by atoms with Gasteiger partial charge in [0.1, 0.15) is 11.0 Å². The van der Waals surface area contributed by atoms with E-state index in [9.17, 15) is 8.42 Å². The van der Waals surface area contributed by atoms with Gasteiger partial charge in [-0.3, -0.25) is 0 Å². The molecule has 0 amide bonds. The lowest BCUT2D eigenvalue weighted by atomic mass is 10.3. The maximum Gasteiger partial charge on any atom is 0.246 e. The molecule has 102 valence electrons. The van der Waals surface area contributed by atoms with Crippen molar-refractivity contribution in [3.05, 3.63) is 24.0 Å². The van der Waals surface area contributed by atoms with E-state index in [1.165, 1.54) is 16.6 Å². The molecule has 0 atom stereocenters. The monoisotopic (exact) mass is 279 g/mol. The Morgan fingerprint density at radius 3 is 2.74 bits per heavy atom. The van der Waals surface area contributed by atoms with Crippen LogP contribution in [0.2, 0.25) is 0 Å². The lowest BCUT2D eigenvalue weighted by Crippen LogP contribution is -2.38. The van der Waals surface area contributed by atoms with E-state index in [1.807, 2.05) is 19.9 Å². The maximum absolute atomic E-state index is 12.7. The molecular weight excluding hydrogens is 262 g/mol. The number of pyridine rings is 1. The summed E-state index contributed by atoms with van der Waals surface area (Å²) in [6.45, 7) is 4.23. The van der Waals surface area contributed by atoms with Crippen molar-refractivity contribution >= 4 is 10.0 Å². The van der Waals surface area contributed by atoms with Crippen molar-refractivity contribution in [1.29, 1.82) is 5.26 Å². The Kier molecular flexibility index (Phi) is 3.88. The van der Waals surface area contributed by atoms with Crippen molar-refractivity contribution in [2.45, 2.75) is 37.6 Å². The first kappa shape index (κ1) is 14.0. The molecule has 1 fully saturated rings. The van der Waals surface area contributed by atoms with Crippen LogP contribution in [-0.4, -0.2) is 30.3 Å². The van der Waals surface area contributed by atoms with Gasteiger partial charge in [-0.2, -0.15) is 9.57 Å². The largest absolute Gasteiger partial charge is 0.246 e. The molecule has 0 aromatic carbocycles. The second-order valence-corrected chi connectivity index (χ2v) is 6.93. The SMILES string of the molecule is CC(C)N(CC1CC1)S(=O)(=O)c1cccnc1C#N. The minimum absolute atomic E-state index is 0.00634. The van der Waals surface area contributed by atoms with Crippen LogP contribution in [0.15, 0.2) is 23.2 Å². The van der Waals surface area contributed by atoms with Gasteiger partial charge in [0.2, 0.25) is 10.0 Å². The summed E-state index contributed by atoms with van der Waals surface area (Å²) in [5.41, 5.74) is -0.0380. The van der Waals surface area contributed by atoms with E-state index in [0.29, 0.717) is 12.5 Å². The molecule has 1 aliphatic carbocycles. The van der Waals surface area contributed by atoms with Gasteiger partial charge in [-0.25, -0.2) is 13.4 Å². The Labute approximate surface area is 113 Å². The third-order valence-corrected chi connectivity index (χ3v) is 5.25. The molecule has 6 heteroatoms. The number of aromatic nitrogens is 1. The number of hydrogen-bond acceptors (Lipinski definition) is 4. The van der Waals surface area contributed by atoms with Gasteiger partial charge < -0.3 is 0 Å². The van der Waals surface area contributed by atoms with Crippen molar-refractivity contribution < 1.29 is 8.42 Å². The average molecular weight is 279 g/mol. The van der Waals surface area contributed by atoms with Crippen LogP contribution in [0.5, 0.6) is 0 Å². The Morgan fingerprint density at radius 2 is 2.21 bits per heavy atom. The summed E-state index contributed by atoms with van der Waals surface area (Å²) < 4.78 is 26.8. The van der Waals surface area contributed by atoms with Gasteiger partial charge in [0.05, 0.1) is 0 Å². The molecule has 0 bridgehead atoms. The molecule has 0 unspecified atom stereocenters. The van der Waals surface area contributed by atoms with Gasteiger partial charge in [-0.15, -0.1) is 0 Å². The standard InChI is InChI=1S/C13H17N3O2S/c1-10(2)16(9-11-5-6-11)19(17,18)13-4-3-7-15-12(13)8-14/h3-4,7,10-11H,5-6,9H2,1-2H3. The Bertz CT molecular complexity index is 601. The number of sulfonamides is 1. The average Bonchev–Trinajstić information content (AvgIpc) is 3.19. The molecule has 19 heavy (non-hydrogen) atoms. The van der Waals surface area contributed by atoms with E-state index < -0.39 is 10.0 Å². The van der Waals surface area contributed by atoms with Gasteiger partial charge in [0.25, 0.3) is 0 Å². The Morgan fingerprint density at radius 1 is 1.53 bits per heavy atom. The molecule has 1 aliphatic rings. The quantitative estimate of drug-likeness (QED) is 0.823. The summed E-state index contributed by atoms with van der Waals surface area (Å²) in [7, 11) is -3.65. The number of nitriles is 1. The summed E-state index contributed by atoms with van der Waals surface area (Å²) in [6, 6.07) is 4.71. The molecule has 0 aliphatic heterocycles. The number of nitrogens with zero attached hydrogens (tertiary/aromatic N) is 3. The van der Waals surface area contributed by atoms with E-state index in [0.717, 1.165) is 12.8 Å². The van der Waals surface area contributed by atoms with Crippen LogP contribution in [0, 0.1) is 17.2 Å². The summed E-state index contributed by atoms with van der Waals surface area (Å²) in [5.74, 6) is 0.458. The lowest BCUT2D eigenvalue weighted by molar-refractivity contribution is 0.341. The van der Waals surface area contributed by atoms with Gasteiger partial charge in [0.15, 0.2) is 5.69 Å². The highest BCUT2D eigenvalue weighted by atomic mass is 32.2. The van der Waals surface area contributed by atoms with Gasteiger partial charge in [0, 0.05) is 18.8 Å². The molecule has 1 heterocycles. The fourth-order valence-electron chi connectivity index (χ4n) is 1.95. The third kappa shape index (κ3) is 2.94. The lowest BCUT2D eigenvalue weighted by Gasteiger charge is -2.26.